The molecule has 0 saturated heterocycles. The standard InChI is InChI=1S/C14H27N/c1-2-4-8-13(7-3-1)11-12-15-14-9-5-6-10-14/h13-15H,1-12H2. The lowest BCUT2D eigenvalue weighted by atomic mass is 9.96. The Morgan fingerprint density at radius 1 is 0.733 bits per heavy atom. The van der Waals surface area contributed by atoms with Crippen LogP contribution in [0, 0.1) is 5.92 Å². The third-order valence-electron chi connectivity index (χ3n) is 4.32. The van der Waals surface area contributed by atoms with E-state index in [2.05, 4.69) is 5.32 Å². The van der Waals surface area contributed by atoms with Gasteiger partial charge in [-0.15, -0.1) is 0 Å². The lowest BCUT2D eigenvalue weighted by Gasteiger charge is -2.16. The highest BCUT2D eigenvalue weighted by Crippen LogP contribution is 2.25. The minimum atomic E-state index is 0.871. The first-order chi connectivity index (χ1) is 7.45. The third-order valence-corrected chi connectivity index (χ3v) is 4.32. The maximum Gasteiger partial charge on any atom is 0.00670 e. The van der Waals surface area contributed by atoms with Crippen molar-refractivity contribution in [2.24, 2.45) is 5.92 Å². The van der Waals surface area contributed by atoms with Gasteiger partial charge in [0.1, 0.15) is 0 Å². The lowest BCUT2D eigenvalue weighted by Crippen LogP contribution is -2.28. The first-order valence-corrected chi connectivity index (χ1v) is 7.18. The van der Waals surface area contributed by atoms with Crippen molar-refractivity contribution in [2.45, 2.75) is 76.7 Å². The van der Waals surface area contributed by atoms with E-state index >= 15 is 0 Å². The van der Waals surface area contributed by atoms with E-state index in [9.17, 15) is 0 Å². The van der Waals surface area contributed by atoms with Crippen molar-refractivity contribution in [3.63, 3.8) is 0 Å². The minimum absolute atomic E-state index is 0.871. The van der Waals surface area contributed by atoms with Crippen LogP contribution in [0.5, 0.6) is 0 Å². The van der Waals surface area contributed by atoms with Crippen LogP contribution in [0.15, 0.2) is 0 Å². The first-order valence-electron chi connectivity index (χ1n) is 7.18. The Labute approximate surface area is 95.0 Å². The Balaban J connectivity index is 1.55. The van der Waals surface area contributed by atoms with Crippen LogP contribution in [-0.2, 0) is 0 Å². The molecule has 0 aromatic heterocycles. The Morgan fingerprint density at radius 3 is 2.00 bits per heavy atom. The average Bonchev–Trinajstić information content (AvgIpc) is 2.62. The fourth-order valence-electron chi connectivity index (χ4n) is 3.27. The van der Waals surface area contributed by atoms with Crippen LogP contribution < -0.4 is 5.32 Å². The molecule has 88 valence electrons. The second-order valence-corrected chi connectivity index (χ2v) is 5.58. The summed E-state index contributed by atoms with van der Waals surface area (Å²) in [5.41, 5.74) is 0. The zero-order valence-corrected chi connectivity index (χ0v) is 10.1. The molecule has 0 aromatic carbocycles. The molecule has 2 fully saturated rings. The highest BCUT2D eigenvalue weighted by molar-refractivity contribution is 4.74. The van der Waals surface area contributed by atoms with Gasteiger partial charge in [-0.25, -0.2) is 0 Å². The lowest BCUT2D eigenvalue weighted by molar-refractivity contribution is 0.397. The fraction of sp³-hybridized carbons (Fsp3) is 1.00. The zero-order chi connectivity index (χ0) is 10.3. The largest absolute Gasteiger partial charge is 0.314 e. The van der Waals surface area contributed by atoms with Gasteiger partial charge in [-0.05, 0) is 31.7 Å². The van der Waals surface area contributed by atoms with Gasteiger partial charge in [-0.2, -0.15) is 0 Å². The molecule has 0 heterocycles. The van der Waals surface area contributed by atoms with E-state index in [1.807, 2.05) is 0 Å². The summed E-state index contributed by atoms with van der Waals surface area (Å²) in [6.45, 7) is 1.29. The zero-order valence-electron chi connectivity index (χ0n) is 10.1. The minimum Gasteiger partial charge on any atom is -0.314 e. The van der Waals surface area contributed by atoms with E-state index in [-0.39, 0.29) is 0 Å². The molecule has 1 heteroatoms. The number of hydrogen-bond acceptors (Lipinski definition) is 1. The summed E-state index contributed by atoms with van der Waals surface area (Å²) in [7, 11) is 0. The molecule has 15 heavy (non-hydrogen) atoms. The quantitative estimate of drug-likeness (QED) is 0.693. The van der Waals surface area contributed by atoms with Crippen molar-refractivity contribution in [3.8, 4) is 0 Å². The van der Waals surface area contributed by atoms with Gasteiger partial charge in [-0.3, -0.25) is 0 Å². The first kappa shape index (κ1) is 11.4. The molecule has 2 aliphatic carbocycles. The van der Waals surface area contributed by atoms with Crippen molar-refractivity contribution < 1.29 is 0 Å². The van der Waals surface area contributed by atoms with E-state index in [1.54, 1.807) is 0 Å². The van der Waals surface area contributed by atoms with Gasteiger partial charge in [0.05, 0.1) is 0 Å². The van der Waals surface area contributed by atoms with Gasteiger partial charge in [0.15, 0.2) is 0 Å². The predicted octanol–water partition coefficient (Wildman–Crippen LogP) is 3.88. The highest BCUT2D eigenvalue weighted by Gasteiger charge is 2.15. The monoisotopic (exact) mass is 209 g/mol. The average molecular weight is 209 g/mol. The molecule has 1 nitrogen and oxygen atoms in total. The highest BCUT2D eigenvalue weighted by atomic mass is 14.9. The van der Waals surface area contributed by atoms with E-state index in [1.165, 1.54) is 77.2 Å². The van der Waals surface area contributed by atoms with Gasteiger partial charge in [0.25, 0.3) is 0 Å². The molecular weight excluding hydrogens is 182 g/mol. The van der Waals surface area contributed by atoms with Crippen LogP contribution >= 0.6 is 0 Å². The molecule has 0 radical (unpaired) electrons. The topological polar surface area (TPSA) is 12.0 Å². The van der Waals surface area contributed by atoms with Crippen molar-refractivity contribution in [2.75, 3.05) is 6.54 Å². The molecule has 0 spiro atoms. The Bertz CT molecular complexity index is 153. The molecule has 0 atom stereocenters. The SMILES string of the molecule is C1CCCC(CCNC2CCCC2)CC1. The van der Waals surface area contributed by atoms with Gasteiger partial charge in [-0.1, -0.05) is 51.4 Å². The van der Waals surface area contributed by atoms with Crippen molar-refractivity contribution in [3.05, 3.63) is 0 Å². The Morgan fingerprint density at radius 2 is 1.33 bits per heavy atom. The van der Waals surface area contributed by atoms with Crippen LogP contribution in [0.2, 0.25) is 0 Å². The summed E-state index contributed by atoms with van der Waals surface area (Å²) in [6.07, 6.45) is 16.2. The molecule has 0 bridgehead atoms. The van der Waals surface area contributed by atoms with Crippen molar-refractivity contribution >= 4 is 0 Å². The number of nitrogens with one attached hydrogen (secondary N) is 1. The summed E-state index contributed by atoms with van der Waals surface area (Å²) in [5.74, 6) is 1.04. The molecular formula is C14H27N. The van der Waals surface area contributed by atoms with Gasteiger partial charge in [0.2, 0.25) is 0 Å². The number of hydrogen-bond donors (Lipinski definition) is 1. The van der Waals surface area contributed by atoms with Gasteiger partial charge < -0.3 is 5.32 Å². The van der Waals surface area contributed by atoms with Crippen LogP contribution in [0.3, 0.4) is 0 Å². The molecule has 2 saturated carbocycles. The maximum atomic E-state index is 3.75. The van der Waals surface area contributed by atoms with Crippen LogP contribution in [0.25, 0.3) is 0 Å². The second-order valence-electron chi connectivity index (χ2n) is 5.58. The molecule has 0 amide bonds. The molecule has 0 unspecified atom stereocenters. The summed E-state index contributed by atoms with van der Waals surface area (Å²) in [4.78, 5) is 0. The summed E-state index contributed by atoms with van der Waals surface area (Å²) >= 11 is 0. The van der Waals surface area contributed by atoms with Crippen LogP contribution in [0.1, 0.15) is 70.6 Å². The van der Waals surface area contributed by atoms with Crippen LogP contribution in [0.4, 0.5) is 0 Å². The summed E-state index contributed by atoms with van der Waals surface area (Å²) in [5, 5.41) is 3.75. The molecule has 0 aliphatic heterocycles. The summed E-state index contributed by atoms with van der Waals surface area (Å²) in [6, 6.07) is 0.871. The second kappa shape index (κ2) is 6.52. The third kappa shape index (κ3) is 4.14. The predicted molar refractivity (Wildman–Crippen MR) is 66.1 cm³/mol. The van der Waals surface area contributed by atoms with Crippen molar-refractivity contribution in [1.82, 2.24) is 5.32 Å². The van der Waals surface area contributed by atoms with E-state index in [4.69, 9.17) is 0 Å². The smallest absolute Gasteiger partial charge is 0.00670 e. The summed E-state index contributed by atoms with van der Waals surface area (Å²) < 4.78 is 0. The molecule has 2 rings (SSSR count). The van der Waals surface area contributed by atoms with Crippen molar-refractivity contribution in [1.29, 1.82) is 0 Å². The fourth-order valence-corrected chi connectivity index (χ4v) is 3.27. The van der Waals surface area contributed by atoms with E-state index in [0.717, 1.165) is 12.0 Å². The molecule has 2 aliphatic rings. The number of rotatable bonds is 4. The maximum absolute atomic E-state index is 3.75. The Kier molecular flexibility index (Phi) is 4.98. The van der Waals surface area contributed by atoms with E-state index < -0.39 is 0 Å². The van der Waals surface area contributed by atoms with Gasteiger partial charge >= 0.3 is 0 Å². The van der Waals surface area contributed by atoms with Gasteiger partial charge in [0, 0.05) is 6.04 Å². The molecule has 0 aromatic rings. The molecule has 1 N–H and O–H groups in total. The van der Waals surface area contributed by atoms with E-state index in [0.29, 0.717) is 0 Å². The Hall–Kier alpha value is -0.0400. The van der Waals surface area contributed by atoms with Crippen LogP contribution in [-0.4, -0.2) is 12.6 Å². The normalized spacial score (nSPS) is 25.6.